The minimum atomic E-state index is -1.09. The molecule has 1 aromatic heterocycles. The first-order valence-corrected chi connectivity index (χ1v) is 5.82. The standard InChI is InChI=1S/C12H15N3O3/c1-7(11(16)15-8-2-3-8)14-9-4-5-13-10(6-9)12(17)18/h4-8H,2-3H2,1H3,(H,13,14)(H,15,16)(H,17,18). The van der Waals surface area contributed by atoms with Gasteiger partial charge in [0.05, 0.1) is 0 Å². The van der Waals surface area contributed by atoms with E-state index in [1.165, 1.54) is 12.3 Å². The van der Waals surface area contributed by atoms with Crippen LogP contribution in [0.3, 0.4) is 0 Å². The molecule has 0 saturated heterocycles. The number of hydrogen-bond acceptors (Lipinski definition) is 4. The van der Waals surface area contributed by atoms with E-state index in [1.807, 2.05) is 0 Å². The summed E-state index contributed by atoms with van der Waals surface area (Å²) in [6.45, 7) is 1.73. The lowest BCUT2D eigenvalue weighted by molar-refractivity contribution is -0.121. The van der Waals surface area contributed by atoms with Gasteiger partial charge in [-0.25, -0.2) is 9.78 Å². The van der Waals surface area contributed by atoms with E-state index in [2.05, 4.69) is 15.6 Å². The summed E-state index contributed by atoms with van der Waals surface area (Å²) >= 11 is 0. The van der Waals surface area contributed by atoms with E-state index >= 15 is 0 Å². The second kappa shape index (κ2) is 5.03. The Balaban J connectivity index is 1.96. The SMILES string of the molecule is CC(Nc1ccnc(C(=O)O)c1)C(=O)NC1CC1. The second-order valence-electron chi connectivity index (χ2n) is 4.38. The van der Waals surface area contributed by atoms with Gasteiger partial charge in [0.25, 0.3) is 0 Å². The third kappa shape index (κ3) is 3.19. The topological polar surface area (TPSA) is 91.3 Å². The smallest absolute Gasteiger partial charge is 0.354 e. The predicted octanol–water partition coefficient (Wildman–Crippen LogP) is 0.859. The molecule has 0 aromatic carbocycles. The van der Waals surface area contributed by atoms with E-state index in [-0.39, 0.29) is 11.6 Å². The number of carbonyl (C=O) groups is 2. The van der Waals surface area contributed by atoms with Crippen LogP contribution in [0.15, 0.2) is 18.3 Å². The number of carboxylic acids is 1. The summed E-state index contributed by atoms with van der Waals surface area (Å²) in [4.78, 5) is 26.2. The highest BCUT2D eigenvalue weighted by Crippen LogP contribution is 2.19. The van der Waals surface area contributed by atoms with E-state index in [1.54, 1.807) is 13.0 Å². The highest BCUT2D eigenvalue weighted by atomic mass is 16.4. The van der Waals surface area contributed by atoms with Crippen LogP contribution in [0, 0.1) is 0 Å². The molecule has 0 bridgehead atoms. The molecule has 1 aliphatic carbocycles. The Labute approximate surface area is 104 Å². The van der Waals surface area contributed by atoms with Crippen molar-refractivity contribution >= 4 is 17.6 Å². The number of hydrogen-bond donors (Lipinski definition) is 3. The van der Waals surface area contributed by atoms with Crippen molar-refractivity contribution in [3.05, 3.63) is 24.0 Å². The van der Waals surface area contributed by atoms with Gasteiger partial charge < -0.3 is 15.7 Å². The summed E-state index contributed by atoms with van der Waals surface area (Å²) in [7, 11) is 0. The van der Waals surface area contributed by atoms with Crippen molar-refractivity contribution in [1.82, 2.24) is 10.3 Å². The molecule has 1 heterocycles. The number of carbonyl (C=O) groups excluding carboxylic acids is 1. The maximum absolute atomic E-state index is 11.7. The van der Waals surface area contributed by atoms with Crippen LogP contribution in [0.25, 0.3) is 0 Å². The first kappa shape index (κ1) is 12.3. The fraction of sp³-hybridized carbons (Fsp3) is 0.417. The Morgan fingerprint density at radius 3 is 2.83 bits per heavy atom. The molecule has 1 fully saturated rings. The van der Waals surface area contributed by atoms with Gasteiger partial charge in [0.1, 0.15) is 11.7 Å². The zero-order valence-electron chi connectivity index (χ0n) is 10.0. The highest BCUT2D eigenvalue weighted by Gasteiger charge is 2.25. The van der Waals surface area contributed by atoms with Crippen molar-refractivity contribution < 1.29 is 14.7 Å². The lowest BCUT2D eigenvalue weighted by atomic mass is 10.2. The van der Waals surface area contributed by atoms with Crippen LogP contribution in [-0.4, -0.2) is 34.1 Å². The first-order chi connectivity index (χ1) is 8.56. The Hall–Kier alpha value is -2.11. The summed E-state index contributed by atoms with van der Waals surface area (Å²) in [5.74, 6) is -1.17. The number of anilines is 1. The molecule has 2 rings (SSSR count). The Morgan fingerprint density at radius 2 is 2.22 bits per heavy atom. The number of rotatable bonds is 5. The molecule has 6 heteroatoms. The number of aromatic carboxylic acids is 1. The summed E-state index contributed by atoms with van der Waals surface area (Å²) in [6, 6.07) is 2.94. The minimum Gasteiger partial charge on any atom is -0.477 e. The van der Waals surface area contributed by atoms with Crippen LogP contribution in [0.4, 0.5) is 5.69 Å². The van der Waals surface area contributed by atoms with Gasteiger partial charge in [-0.2, -0.15) is 0 Å². The molecule has 1 aliphatic rings. The van der Waals surface area contributed by atoms with Crippen LogP contribution >= 0.6 is 0 Å². The van der Waals surface area contributed by atoms with Gasteiger partial charge in [0.2, 0.25) is 5.91 Å². The lowest BCUT2D eigenvalue weighted by Gasteiger charge is -2.15. The molecule has 0 spiro atoms. The zero-order valence-corrected chi connectivity index (χ0v) is 10.0. The third-order valence-electron chi connectivity index (χ3n) is 2.68. The Kier molecular flexibility index (Phi) is 3.45. The van der Waals surface area contributed by atoms with Crippen LogP contribution in [0.1, 0.15) is 30.3 Å². The molecule has 6 nitrogen and oxygen atoms in total. The number of nitrogens with one attached hydrogen (secondary N) is 2. The van der Waals surface area contributed by atoms with Gasteiger partial charge >= 0.3 is 5.97 Å². The largest absolute Gasteiger partial charge is 0.477 e. The van der Waals surface area contributed by atoms with Crippen LogP contribution in [-0.2, 0) is 4.79 Å². The molecule has 0 aliphatic heterocycles. The highest BCUT2D eigenvalue weighted by molar-refractivity contribution is 5.87. The summed E-state index contributed by atoms with van der Waals surface area (Å²) in [5, 5.41) is 14.6. The van der Waals surface area contributed by atoms with E-state index < -0.39 is 12.0 Å². The van der Waals surface area contributed by atoms with E-state index in [0.29, 0.717) is 11.7 Å². The van der Waals surface area contributed by atoms with Gasteiger partial charge in [-0.3, -0.25) is 4.79 Å². The average molecular weight is 249 g/mol. The molecule has 96 valence electrons. The number of pyridine rings is 1. The Morgan fingerprint density at radius 1 is 1.50 bits per heavy atom. The van der Waals surface area contributed by atoms with Gasteiger partial charge in [-0.15, -0.1) is 0 Å². The molecule has 3 N–H and O–H groups in total. The second-order valence-corrected chi connectivity index (χ2v) is 4.38. The van der Waals surface area contributed by atoms with Crippen LogP contribution < -0.4 is 10.6 Å². The minimum absolute atomic E-state index is 0.0465. The lowest BCUT2D eigenvalue weighted by Crippen LogP contribution is -2.38. The molecule has 1 unspecified atom stereocenters. The van der Waals surface area contributed by atoms with E-state index in [0.717, 1.165) is 12.8 Å². The van der Waals surface area contributed by atoms with Crippen molar-refractivity contribution in [1.29, 1.82) is 0 Å². The van der Waals surface area contributed by atoms with Crippen LogP contribution in [0.2, 0.25) is 0 Å². The average Bonchev–Trinajstić information content (AvgIpc) is 3.13. The molecule has 1 saturated carbocycles. The first-order valence-electron chi connectivity index (χ1n) is 5.82. The zero-order chi connectivity index (χ0) is 13.1. The number of carboxylic acid groups (broad SMARTS) is 1. The number of nitrogens with zero attached hydrogens (tertiary/aromatic N) is 1. The number of aromatic nitrogens is 1. The number of amides is 1. The van der Waals surface area contributed by atoms with Gasteiger partial charge in [0, 0.05) is 17.9 Å². The molecular formula is C12H15N3O3. The fourth-order valence-electron chi connectivity index (χ4n) is 1.51. The normalized spacial score (nSPS) is 15.8. The predicted molar refractivity (Wildman–Crippen MR) is 65.4 cm³/mol. The maximum Gasteiger partial charge on any atom is 0.354 e. The van der Waals surface area contributed by atoms with Crippen molar-refractivity contribution in [2.24, 2.45) is 0 Å². The molecular weight excluding hydrogens is 234 g/mol. The summed E-state index contributed by atoms with van der Waals surface area (Å²) in [5.41, 5.74) is 0.524. The molecule has 1 atom stereocenters. The molecule has 0 radical (unpaired) electrons. The summed E-state index contributed by atoms with van der Waals surface area (Å²) in [6.07, 6.45) is 3.48. The maximum atomic E-state index is 11.7. The molecule has 1 aromatic rings. The van der Waals surface area contributed by atoms with Gasteiger partial charge in [0.15, 0.2) is 0 Å². The monoisotopic (exact) mass is 249 g/mol. The molecule has 1 amide bonds. The fourth-order valence-corrected chi connectivity index (χ4v) is 1.51. The quantitative estimate of drug-likeness (QED) is 0.720. The van der Waals surface area contributed by atoms with Gasteiger partial charge in [-0.1, -0.05) is 0 Å². The van der Waals surface area contributed by atoms with Crippen LogP contribution in [0.5, 0.6) is 0 Å². The Bertz CT molecular complexity index is 471. The van der Waals surface area contributed by atoms with E-state index in [4.69, 9.17) is 5.11 Å². The van der Waals surface area contributed by atoms with Crippen molar-refractivity contribution in [2.75, 3.05) is 5.32 Å². The van der Waals surface area contributed by atoms with Crippen molar-refractivity contribution in [3.8, 4) is 0 Å². The van der Waals surface area contributed by atoms with Gasteiger partial charge in [-0.05, 0) is 31.9 Å². The summed E-state index contributed by atoms with van der Waals surface area (Å²) < 4.78 is 0. The molecule has 18 heavy (non-hydrogen) atoms. The van der Waals surface area contributed by atoms with Crippen molar-refractivity contribution in [2.45, 2.75) is 31.8 Å². The van der Waals surface area contributed by atoms with Crippen molar-refractivity contribution in [3.63, 3.8) is 0 Å². The van der Waals surface area contributed by atoms with E-state index in [9.17, 15) is 9.59 Å². The third-order valence-corrected chi connectivity index (χ3v) is 2.68.